The van der Waals surface area contributed by atoms with E-state index >= 15 is 0 Å². The van der Waals surface area contributed by atoms with Crippen molar-refractivity contribution in [3.05, 3.63) is 0 Å². The molecule has 2 unspecified atom stereocenters. The van der Waals surface area contributed by atoms with Gasteiger partial charge in [-0.3, -0.25) is 4.99 Å². The minimum Gasteiger partial charge on any atom is -0.381 e. The van der Waals surface area contributed by atoms with Crippen LogP contribution in [0.1, 0.15) is 26.2 Å². The molecule has 0 aromatic heterocycles. The second-order valence-electron chi connectivity index (χ2n) is 4.26. The highest BCUT2D eigenvalue weighted by molar-refractivity contribution is 8.14. The zero-order valence-electron chi connectivity index (χ0n) is 9.37. The van der Waals surface area contributed by atoms with E-state index in [2.05, 4.69) is 17.2 Å². The third-order valence-corrected chi connectivity index (χ3v) is 4.28. The van der Waals surface area contributed by atoms with Gasteiger partial charge in [0.15, 0.2) is 5.17 Å². The monoisotopic (exact) mass is 228 g/mol. The van der Waals surface area contributed by atoms with Crippen LogP contribution in [-0.4, -0.2) is 36.7 Å². The van der Waals surface area contributed by atoms with Gasteiger partial charge in [-0.25, -0.2) is 0 Å². The topological polar surface area (TPSA) is 33.6 Å². The van der Waals surface area contributed by atoms with E-state index < -0.39 is 0 Å². The Kier molecular flexibility index (Phi) is 4.32. The van der Waals surface area contributed by atoms with Gasteiger partial charge in [0, 0.05) is 18.4 Å². The number of hydrogen-bond donors (Lipinski definition) is 1. The highest BCUT2D eigenvalue weighted by Gasteiger charge is 2.19. The lowest BCUT2D eigenvalue weighted by Crippen LogP contribution is -2.31. The molecule has 1 fully saturated rings. The van der Waals surface area contributed by atoms with Gasteiger partial charge < -0.3 is 10.1 Å². The first-order chi connectivity index (χ1) is 7.38. The Bertz CT molecular complexity index is 227. The van der Waals surface area contributed by atoms with Gasteiger partial charge in [-0.2, -0.15) is 0 Å². The third kappa shape index (κ3) is 3.38. The molecule has 86 valence electrons. The number of amidine groups is 1. The largest absolute Gasteiger partial charge is 0.381 e. The summed E-state index contributed by atoms with van der Waals surface area (Å²) in [4.78, 5) is 4.50. The van der Waals surface area contributed by atoms with Crippen LogP contribution < -0.4 is 5.32 Å². The summed E-state index contributed by atoms with van der Waals surface area (Å²) < 4.78 is 5.45. The standard InChI is InChI=1S/C11H20N2OS/c1-2-10-7-13-11(15-10)12-6-9-4-3-5-14-8-9/h9-10H,2-8H2,1H3,(H,12,13). The molecule has 0 radical (unpaired) electrons. The summed E-state index contributed by atoms with van der Waals surface area (Å²) in [7, 11) is 0. The Balaban J connectivity index is 1.65. The van der Waals surface area contributed by atoms with Crippen molar-refractivity contribution in [3.8, 4) is 0 Å². The van der Waals surface area contributed by atoms with Crippen LogP contribution in [0.15, 0.2) is 4.99 Å². The second kappa shape index (κ2) is 5.75. The predicted molar refractivity (Wildman–Crippen MR) is 65.5 cm³/mol. The van der Waals surface area contributed by atoms with Crippen LogP contribution in [0.4, 0.5) is 0 Å². The lowest BCUT2D eigenvalue weighted by Gasteiger charge is -2.22. The summed E-state index contributed by atoms with van der Waals surface area (Å²) in [5, 5.41) is 5.30. The van der Waals surface area contributed by atoms with Crippen molar-refractivity contribution in [1.29, 1.82) is 0 Å². The highest BCUT2D eigenvalue weighted by Crippen LogP contribution is 2.22. The number of nitrogens with zero attached hydrogens (tertiary/aromatic N) is 1. The zero-order valence-corrected chi connectivity index (χ0v) is 10.2. The lowest BCUT2D eigenvalue weighted by atomic mass is 10.0. The first-order valence-electron chi connectivity index (χ1n) is 5.91. The van der Waals surface area contributed by atoms with Crippen molar-refractivity contribution < 1.29 is 4.74 Å². The first kappa shape index (κ1) is 11.3. The molecule has 0 bridgehead atoms. The molecule has 2 aliphatic rings. The Labute approximate surface area is 96.1 Å². The number of nitrogens with one attached hydrogen (secondary N) is 1. The molecule has 0 aliphatic carbocycles. The molecule has 15 heavy (non-hydrogen) atoms. The number of ether oxygens (including phenoxy) is 1. The predicted octanol–water partition coefficient (Wildman–Crippen LogP) is 1.88. The van der Waals surface area contributed by atoms with Gasteiger partial charge in [0.2, 0.25) is 0 Å². The molecule has 2 aliphatic heterocycles. The molecule has 2 rings (SSSR count). The molecule has 3 nitrogen and oxygen atoms in total. The van der Waals surface area contributed by atoms with Crippen molar-refractivity contribution >= 4 is 16.9 Å². The average Bonchev–Trinajstić information content (AvgIpc) is 2.76. The molecule has 2 atom stereocenters. The molecule has 0 aromatic rings. The molecule has 2 heterocycles. The minimum absolute atomic E-state index is 0.683. The second-order valence-corrected chi connectivity index (χ2v) is 5.55. The van der Waals surface area contributed by atoms with Gasteiger partial charge in [0.1, 0.15) is 0 Å². The number of rotatable bonds is 3. The quantitative estimate of drug-likeness (QED) is 0.801. The van der Waals surface area contributed by atoms with Crippen LogP contribution in [0.2, 0.25) is 0 Å². The van der Waals surface area contributed by atoms with Gasteiger partial charge in [-0.05, 0) is 25.2 Å². The maximum absolute atomic E-state index is 5.45. The molecule has 0 spiro atoms. The van der Waals surface area contributed by atoms with Crippen molar-refractivity contribution in [3.63, 3.8) is 0 Å². The summed E-state index contributed by atoms with van der Waals surface area (Å²) >= 11 is 1.90. The summed E-state index contributed by atoms with van der Waals surface area (Å²) in [5.74, 6) is 0.683. The fourth-order valence-electron chi connectivity index (χ4n) is 1.93. The molecular weight excluding hydrogens is 208 g/mol. The average molecular weight is 228 g/mol. The van der Waals surface area contributed by atoms with Gasteiger partial charge in [0.25, 0.3) is 0 Å². The molecule has 1 N–H and O–H groups in total. The Morgan fingerprint density at radius 2 is 2.53 bits per heavy atom. The van der Waals surface area contributed by atoms with Crippen LogP contribution in [0, 0.1) is 5.92 Å². The highest BCUT2D eigenvalue weighted by atomic mass is 32.2. The number of aliphatic imine (C=N–C) groups is 1. The van der Waals surface area contributed by atoms with Gasteiger partial charge in [0.05, 0.1) is 13.2 Å². The SMILES string of the molecule is CCC1CN=C(NCC2CCCOC2)S1. The van der Waals surface area contributed by atoms with Crippen LogP contribution in [0.25, 0.3) is 0 Å². The van der Waals surface area contributed by atoms with Crippen molar-refractivity contribution in [2.45, 2.75) is 31.4 Å². The van der Waals surface area contributed by atoms with Gasteiger partial charge >= 0.3 is 0 Å². The van der Waals surface area contributed by atoms with E-state index in [9.17, 15) is 0 Å². The normalized spacial score (nSPS) is 31.4. The van der Waals surface area contributed by atoms with Crippen LogP contribution in [0.5, 0.6) is 0 Å². The maximum atomic E-state index is 5.45. The van der Waals surface area contributed by atoms with Crippen LogP contribution in [-0.2, 0) is 4.74 Å². The van der Waals surface area contributed by atoms with E-state index in [1.54, 1.807) is 0 Å². The van der Waals surface area contributed by atoms with E-state index in [1.807, 2.05) is 11.8 Å². The van der Waals surface area contributed by atoms with Crippen molar-refractivity contribution in [1.82, 2.24) is 5.32 Å². The number of thioether (sulfide) groups is 1. The van der Waals surface area contributed by atoms with E-state index in [-0.39, 0.29) is 0 Å². The smallest absolute Gasteiger partial charge is 0.156 e. The maximum Gasteiger partial charge on any atom is 0.156 e. The minimum atomic E-state index is 0.683. The van der Waals surface area contributed by atoms with E-state index in [0.717, 1.165) is 31.5 Å². The Morgan fingerprint density at radius 3 is 3.20 bits per heavy atom. The van der Waals surface area contributed by atoms with E-state index in [1.165, 1.54) is 19.3 Å². The van der Waals surface area contributed by atoms with Gasteiger partial charge in [-0.15, -0.1) is 0 Å². The fourth-order valence-corrected chi connectivity index (χ4v) is 2.87. The fraction of sp³-hybridized carbons (Fsp3) is 0.909. The van der Waals surface area contributed by atoms with E-state index in [0.29, 0.717) is 11.2 Å². The number of hydrogen-bond acceptors (Lipinski definition) is 4. The van der Waals surface area contributed by atoms with Crippen molar-refractivity contribution in [2.24, 2.45) is 10.9 Å². The van der Waals surface area contributed by atoms with Crippen LogP contribution in [0.3, 0.4) is 0 Å². The first-order valence-corrected chi connectivity index (χ1v) is 6.79. The van der Waals surface area contributed by atoms with Crippen molar-refractivity contribution in [2.75, 3.05) is 26.3 Å². The van der Waals surface area contributed by atoms with Crippen LogP contribution >= 0.6 is 11.8 Å². The summed E-state index contributed by atoms with van der Waals surface area (Å²) in [6.45, 7) is 6.12. The zero-order chi connectivity index (χ0) is 10.5. The Morgan fingerprint density at radius 1 is 1.60 bits per heavy atom. The Hall–Kier alpha value is -0.220. The lowest BCUT2D eigenvalue weighted by molar-refractivity contribution is 0.0565. The molecule has 1 saturated heterocycles. The van der Waals surface area contributed by atoms with E-state index in [4.69, 9.17) is 4.74 Å². The third-order valence-electron chi connectivity index (χ3n) is 2.97. The van der Waals surface area contributed by atoms with Gasteiger partial charge in [-0.1, -0.05) is 18.7 Å². The molecule has 0 aromatic carbocycles. The summed E-state index contributed by atoms with van der Waals surface area (Å²) in [5.41, 5.74) is 0. The molecule has 0 saturated carbocycles. The molecule has 0 amide bonds. The molecule has 4 heteroatoms. The summed E-state index contributed by atoms with van der Waals surface area (Å²) in [6.07, 6.45) is 3.72. The molecular formula is C11H20N2OS. The summed E-state index contributed by atoms with van der Waals surface area (Å²) in [6, 6.07) is 0.